The first-order chi connectivity index (χ1) is 13.8. The Balaban J connectivity index is 1.45. The second kappa shape index (κ2) is 7.67. The number of hydrogen-bond donors (Lipinski definition) is 2. The minimum atomic E-state index is -0.862. The van der Waals surface area contributed by atoms with Crippen LogP contribution in [0.15, 0.2) is 18.2 Å². The third-order valence-electron chi connectivity index (χ3n) is 6.01. The van der Waals surface area contributed by atoms with Gasteiger partial charge >= 0.3 is 6.09 Å². The van der Waals surface area contributed by atoms with Gasteiger partial charge in [-0.2, -0.15) is 0 Å². The highest BCUT2D eigenvalue weighted by molar-refractivity contribution is 6.03. The van der Waals surface area contributed by atoms with E-state index in [-0.39, 0.29) is 36.5 Å². The van der Waals surface area contributed by atoms with E-state index in [9.17, 15) is 14.4 Å². The van der Waals surface area contributed by atoms with Crippen molar-refractivity contribution in [2.75, 3.05) is 16.3 Å². The molecule has 8 nitrogen and oxygen atoms in total. The number of benzene rings is 1. The van der Waals surface area contributed by atoms with Gasteiger partial charge in [-0.3, -0.25) is 14.5 Å². The largest absolute Gasteiger partial charge is 0.434 e. The van der Waals surface area contributed by atoms with Crippen LogP contribution >= 0.6 is 0 Å². The number of cyclic esters (lactones) is 1. The van der Waals surface area contributed by atoms with Crippen molar-refractivity contribution < 1.29 is 19.1 Å². The van der Waals surface area contributed by atoms with Crippen molar-refractivity contribution in [3.63, 3.8) is 0 Å². The van der Waals surface area contributed by atoms with Crippen LogP contribution in [-0.2, 0) is 20.7 Å². The molecule has 3 aliphatic rings. The Morgan fingerprint density at radius 1 is 1.24 bits per heavy atom. The number of fused-ring (bicyclic) bond motifs is 1. The molecule has 3 amide bonds. The van der Waals surface area contributed by atoms with E-state index in [0.717, 1.165) is 36.9 Å². The number of rotatable bonds is 4. The van der Waals surface area contributed by atoms with Crippen molar-refractivity contribution in [1.82, 2.24) is 5.32 Å². The summed E-state index contributed by atoms with van der Waals surface area (Å²) in [6, 6.07) is 5.44. The molecule has 3 atom stereocenters. The van der Waals surface area contributed by atoms with E-state index < -0.39 is 12.2 Å². The second-order valence-electron chi connectivity index (χ2n) is 8.39. The summed E-state index contributed by atoms with van der Waals surface area (Å²) in [5.74, 6) is -0.247. The fourth-order valence-electron chi connectivity index (χ4n) is 4.49. The lowest BCUT2D eigenvalue weighted by Crippen LogP contribution is -2.52. The molecular weight excluding hydrogens is 372 g/mol. The summed E-state index contributed by atoms with van der Waals surface area (Å²) in [6.07, 6.45) is 2.76. The van der Waals surface area contributed by atoms with Gasteiger partial charge in [0.1, 0.15) is 0 Å². The van der Waals surface area contributed by atoms with Crippen LogP contribution in [0.25, 0.3) is 0 Å². The normalized spacial score (nSPS) is 26.7. The van der Waals surface area contributed by atoms with Crippen LogP contribution in [0.2, 0.25) is 0 Å². The minimum Gasteiger partial charge on any atom is -0.434 e. The van der Waals surface area contributed by atoms with E-state index in [1.807, 2.05) is 26.0 Å². The van der Waals surface area contributed by atoms with Crippen molar-refractivity contribution in [2.24, 2.45) is 5.73 Å². The summed E-state index contributed by atoms with van der Waals surface area (Å²) in [5.41, 5.74) is 8.50. The molecule has 0 unspecified atom stereocenters. The second-order valence-corrected chi connectivity index (χ2v) is 8.39. The highest BCUT2D eigenvalue weighted by Gasteiger charge is 2.39. The maximum atomic E-state index is 12.6. The first-order valence-corrected chi connectivity index (χ1v) is 10.3. The maximum Gasteiger partial charge on any atom is 0.415 e. The van der Waals surface area contributed by atoms with Gasteiger partial charge < -0.3 is 20.7 Å². The predicted molar refractivity (Wildman–Crippen MR) is 109 cm³/mol. The van der Waals surface area contributed by atoms with Gasteiger partial charge in [0.2, 0.25) is 5.91 Å². The molecule has 2 aliphatic heterocycles. The molecule has 3 N–H and O–H groups in total. The van der Waals surface area contributed by atoms with Gasteiger partial charge in [0.25, 0.3) is 5.91 Å². The van der Waals surface area contributed by atoms with Crippen LogP contribution in [0.3, 0.4) is 0 Å². The van der Waals surface area contributed by atoms with E-state index >= 15 is 0 Å². The zero-order valence-electron chi connectivity index (χ0n) is 16.9. The monoisotopic (exact) mass is 400 g/mol. The Morgan fingerprint density at radius 2 is 2.00 bits per heavy atom. The summed E-state index contributed by atoms with van der Waals surface area (Å²) < 4.78 is 5.32. The molecule has 2 heterocycles. The van der Waals surface area contributed by atoms with Crippen molar-refractivity contribution in [1.29, 1.82) is 0 Å². The average Bonchev–Trinajstić information content (AvgIpc) is 3.22. The van der Waals surface area contributed by atoms with Crippen LogP contribution in [0.5, 0.6) is 0 Å². The predicted octanol–water partition coefficient (Wildman–Crippen LogP) is 1.70. The van der Waals surface area contributed by atoms with Crippen molar-refractivity contribution >= 4 is 29.3 Å². The number of carbonyl (C=O) groups is 3. The van der Waals surface area contributed by atoms with Gasteiger partial charge in [-0.15, -0.1) is 0 Å². The highest BCUT2D eigenvalue weighted by Crippen LogP contribution is 2.35. The van der Waals surface area contributed by atoms with Gasteiger partial charge in [-0.05, 0) is 50.5 Å². The van der Waals surface area contributed by atoms with Crippen LogP contribution in [-0.4, -0.2) is 48.7 Å². The fourth-order valence-corrected chi connectivity index (χ4v) is 4.49. The summed E-state index contributed by atoms with van der Waals surface area (Å²) in [4.78, 5) is 40.5. The third-order valence-corrected chi connectivity index (χ3v) is 6.01. The molecule has 1 aliphatic carbocycles. The lowest BCUT2D eigenvalue weighted by Gasteiger charge is -2.29. The van der Waals surface area contributed by atoms with Crippen molar-refractivity contribution in [3.8, 4) is 0 Å². The van der Waals surface area contributed by atoms with Crippen LogP contribution in [0, 0.1) is 0 Å². The molecule has 29 heavy (non-hydrogen) atoms. The average molecular weight is 400 g/mol. The molecule has 1 saturated carbocycles. The lowest BCUT2D eigenvalue weighted by molar-refractivity contribution is -0.128. The molecule has 4 rings (SSSR count). The molecule has 1 saturated heterocycles. The van der Waals surface area contributed by atoms with Gasteiger partial charge in [0.05, 0.1) is 13.0 Å². The molecule has 1 aromatic rings. The highest BCUT2D eigenvalue weighted by atomic mass is 16.6. The SMILES string of the molecule is CC(C)N1C(=O)Cc2cc(N3C[C@@H](C(=O)N[C@H]4CCCC[C@@H]4N)OC3=O)ccc21. The first kappa shape index (κ1) is 19.7. The Bertz CT molecular complexity index is 840. The number of hydrogen-bond acceptors (Lipinski definition) is 5. The Morgan fingerprint density at radius 3 is 2.72 bits per heavy atom. The standard InChI is InChI=1S/C21H28N4O4/c1-12(2)25-17-8-7-14(9-13(17)10-19(25)26)24-11-18(29-21(24)28)20(27)23-16-6-4-3-5-15(16)22/h7-9,12,15-16,18H,3-6,10-11,22H2,1-2H3,(H,23,27)/t15-,16-,18-/m0/s1. The van der Waals surface area contributed by atoms with E-state index in [2.05, 4.69) is 5.32 Å². The molecule has 8 heteroatoms. The summed E-state index contributed by atoms with van der Waals surface area (Å²) >= 11 is 0. The molecule has 2 fully saturated rings. The van der Waals surface area contributed by atoms with Gasteiger partial charge in [0, 0.05) is 29.5 Å². The first-order valence-electron chi connectivity index (χ1n) is 10.3. The zero-order chi connectivity index (χ0) is 20.7. The number of ether oxygens (including phenoxy) is 1. The smallest absolute Gasteiger partial charge is 0.415 e. The van der Waals surface area contributed by atoms with Crippen LogP contribution in [0.4, 0.5) is 16.2 Å². The molecule has 156 valence electrons. The Kier molecular flexibility index (Phi) is 5.21. The van der Waals surface area contributed by atoms with E-state index in [4.69, 9.17) is 10.5 Å². The minimum absolute atomic E-state index is 0.0530. The van der Waals surface area contributed by atoms with Gasteiger partial charge in [-0.1, -0.05) is 12.8 Å². The third kappa shape index (κ3) is 3.69. The molecule has 0 spiro atoms. The van der Waals surface area contributed by atoms with E-state index in [1.54, 1.807) is 11.0 Å². The summed E-state index contributed by atoms with van der Waals surface area (Å²) in [6.45, 7) is 4.09. The summed E-state index contributed by atoms with van der Waals surface area (Å²) in [5, 5.41) is 2.95. The van der Waals surface area contributed by atoms with E-state index in [0.29, 0.717) is 12.1 Å². The Labute approximate surface area is 170 Å². The zero-order valence-corrected chi connectivity index (χ0v) is 16.9. The quantitative estimate of drug-likeness (QED) is 0.800. The maximum absolute atomic E-state index is 12.6. The summed E-state index contributed by atoms with van der Waals surface area (Å²) in [7, 11) is 0. The van der Waals surface area contributed by atoms with Crippen molar-refractivity contribution in [3.05, 3.63) is 23.8 Å². The molecule has 0 radical (unpaired) electrons. The number of amides is 3. The Hall–Kier alpha value is -2.61. The van der Waals surface area contributed by atoms with Gasteiger partial charge in [-0.25, -0.2) is 4.79 Å². The fraction of sp³-hybridized carbons (Fsp3) is 0.571. The number of carbonyl (C=O) groups excluding carboxylic acids is 3. The number of nitrogens with two attached hydrogens (primary N) is 1. The number of anilines is 2. The molecule has 0 bridgehead atoms. The molecule has 1 aromatic carbocycles. The molecular formula is C21H28N4O4. The van der Waals surface area contributed by atoms with Crippen LogP contribution in [0.1, 0.15) is 45.1 Å². The van der Waals surface area contributed by atoms with Crippen LogP contribution < -0.4 is 20.9 Å². The van der Waals surface area contributed by atoms with Crippen molar-refractivity contribution in [2.45, 2.75) is 70.2 Å². The van der Waals surface area contributed by atoms with E-state index in [1.165, 1.54) is 4.90 Å². The number of nitrogens with zero attached hydrogens (tertiary/aromatic N) is 2. The number of nitrogens with one attached hydrogen (secondary N) is 1. The topological polar surface area (TPSA) is 105 Å². The molecule has 0 aromatic heterocycles. The lowest BCUT2D eigenvalue weighted by atomic mass is 9.91. The van der Waals surface area contributed by atoms with Gasteiger partial charge in [0.15, 0.2) is 6.10 Å².